The van der Waals surface area contributed by atoms with Gasteiger partial charge in [-0.15, -0.1) is 0 Å². The van der Waals surface area contributed by atoms with Crippen LogP contribution in [-0.2, 0) is 0 Å². The van der Waals surface area contributed by atoms with Crippen LogP contribution in [0.1, 0.15) is 24.1 Å². The molecular formula is C12H15N3S. The molecule has 0 bridgehead atoms. The first-order chi connectivity index (χ1) is 7.66. The van der Waals surface area contributed by atoms with E-state index in [-0.39, 0.29) is 6.04 Å². The Morgan fingerprint density at radius 3 is 2.94 bits per heavy atom. The van der Waals surface area contributed by atoms with Crippen molar-refractivity contribution in [1.82, 2.24) is 4.98 Å². The standard InChI is InChI=1S/C12H15N3S/c1-8-6-14-12(5-11(8)13)15-9(2)10-3-4-16-7-10/h3-7,9H,1-2H3,(H3,13,14,15). The van der Waals surface area contributed by atoms with Gasteiger partial charge in [-0.25, -0.2) is 4.98 Å². The van der Waals surface area contributed by atoms with Crippen molar-refractivity contribution in [2.24, 2.45) is 0 Å². The maximum atomic E-state index is 5.84. The maximum Gasteiger partial charge on any atom is 0.128 e. The minimum absolute atomic E-state index is 0.251. The van der Waals surface area contributed by atoms with Crippen LogP contribution in [0.4, 0.5) is 11.5 Å². The van der Waals surface area contributed by atoms with E-state index in [0.29, 0.717) is 0 Å². The number of hydrogen-bond acceptors (Lipinski definition) is 4. The van der Waals surface area contributed by atoms with Crippen LogP contribution in [0, 0.1) is 6.92 Å². The van der Waals surface area contributed by atoms with Crippen LogP contribution in [0.25, 0.3) is 0 Å². The summed E-state index contributed by atoms with van der Waals surface area (Å²) in [7, 11) is 0. The van der Waals surface area contributed by atoms with Gasteiger partial charge < -0.3 is 11.1 Å². The number of anilines is 2. The normalized spacial score (nSPS) is 12.4. The highest BCUT2D eigenvalue weighted by molar-refractivity contribution is 7.07. The van der Waals surface area contributed by atoms with E-state index < -0.39 is 0 Å². The van der Waals surface area contributed by atoms with Gasteiger partial charge in [0, 0.05) is 18.0 Å². The van der Waals surface area contributed by atoms with E-state index in [2.05, 4.69) is 34.1 Å². The molecule has 16 heavy (non-hydrogen) atoms. The fourth-order valence-electron chi connectivity index (χ4n) is 1.44. The molecule has 84 valence electrons. The summed E-state index contributed by atoms with van der Waals surface area (Å²) in [4.78, 5) is 4.30. The molecule has 0 aromatic carbocycles. The second-order valence-corrected chi connectivity index (χ2v) is 4.63. The lowest BCUT2D eigenvalue weighted by Gasteiger charge is -2.13. The third-order valence-electron chi connectivity index (χ3n) is 2.55. The molecule has 0 radical (unpaired) electrons. The van der Waals surface area contributed by atoms with E-state index >= 15 is 0 Å². The molecule has 2 heterocycles. The van der Waals surface area contributed by atoms with Crippen molar-refractivity contribution in [3.63, 3.8) is 0 Å². The number of nitrogens with zero attached hydrogens (tertiary/aromatic N) is 1. The fraction of sp³-hybridized carbons (Fsp3) is 0.250. The molecule has 4 heteroatoms. The van der Waals surface area contributed by atoms with Gasteiger partial charge in [0.05, 0.1) is 6.04 Å². The molecule has 0 fully saturated rings. The molecule has 0 amide bonds. The zero-order valence-corrected chi connectivity index (χ0v) is 10.2. The molecule has 2 aromatic heterocycles. The molecule has 3 N–H and O–H groups in total. The van der Waals surface area contributed by atoms with E-state index in [4.69, 9.17) is 5.73 Å². The average molecular weight is 233 g/mol. The average Bonchev–Trinajstić information content (AvgIpc) is 2.77. The summed E-state index contributed by atoms with van der Waals surface area (Å²) in [5.41, 5.74) is 8.89. The summed E-state index contributed by atoms with van der Waals surface area (Å²) in [5.74, 6) is 0.821. The Hall–Kier alpha value is -1.55. The predicted molar refractivity (Wildman–Crippen MR) is 69.7 cm³/mol. The highest BCUT2D eigenvalue weighted by Gasteiger charge is 2.06. The van der Waals surface area contributed by atoms with Gasteiger partial charge in [-0.2, -0.15) is 11.3 Å². The van der Waals surface area contributed by atoms with Crippen LogP contribution in [0.15, 0.2) is 29.1 Å². The first-order valence-electron chi connectivity index (χ1n) is 5.17. The SMILES string of the molecule is Cc1cnc(NC(C)c2ccsc2)cc1N. The second kappa shape index (κ2) is 4.53. The number of rotatable bonds is 3. The van der Waals surface area contributed by atoms with Gasteiger partial charge in [-0.05, 0) is 41.8 Å². The van der Waals surface area contributed by atoms with Gasteiger partial charge in [0.2, 0.25) is 0 Å². The molecule has 1 atom stereocenters. The zero-order chi connectivity index (χ0) is 11.5. The van der Waals surface area contributed by atoms with Gasteiger partial charge in [0.1, 0.15) is 5.82 Å². The Kier molecular flexibility index (Phi) is 3.10. The summed E-state index contributed by atoms with van der Waals surface area (Å²) >= 11 is 1.70. The summed E-state index contributed by atoms with van der Waals surface area (Å²) in [6.45, 7) is 4.06. The first kappa shape index (κ1) is 11.0. The van der Waals surface area contributed by atoms with Crippen molar-refractivity contribution >= 4 is 22.8 Å². The predicted octanol–water partition coefficient (Wildman–Crippen LogP) is 3.21. The van der Waals surface area contributed by atoms with Crippen molar-refractivity contribution in [2.45, 2.75) is 19.9 Å². The van der Waals surface area contributed by atoms with Gasteiger partial charge in [-0.1, -0.05) is 0 Å². The van der Waals surface area contributed by atoms with Crippen molar-refractivity contribution in [3.05, 3.63) is 40.2 Å². The summed E-state index contributed by atoms with van der Waals surface area (Å²) < 4.78 is 0. The quantitative estimate of drug-likeness (QED) is 0.856. The fourth-order valence-corrected chi connectivity index (χ4v) is 2.20. The van der Waals surface area contributed by atoms with Crippen LogP contribution < -0.4 is 11.1 Å². The molecule has 1 unspecified atom stereocenters. The number of aromatic nitrogens is 1. The molecule has 3 nitrogen and oxygen atoms in total. The van der Waals surface area contributed by atoms with E-state index in [1.165, 1.54) is 5.56 Å². The lowest BCUT2D eigenvalue weighted by molar-refractivity contribution is 0.880. The summed E-state index contributed by atoms with van der Waals surface area (Å²) in [5, 5.41) is 7.54. The first-order valence-corrected chi connectivity index (χ1v) is 6.12. The number of pyridine rings is 1. The number of aryl methyl sites for hydroxylation is 1. The summed E-state index contributed by atoms with van der Waals surface area (Å²) in [6.07, 6.45) is 1.79. The number of nitrogens with two attached hydrogens (primary N) is 1. The van der Waals surface area contributed by atoms with E-state index in [9.17, 15) is 0 Å². The van der Waals surface area contributed by atoms with E-state index in [1.807, 2.05) is 13.0 Å². The van der Waals surface area contributed by atoms with Crippen LogP contribution in [-0.4, -0.2) is 4.98 Å². The number of nitrogen functional groups attached to an aromatic ring is 1. The minimum Gasteiger partial charge on any atom is -0.398 e. The van der Waals surface area contributed by atoms with Crippen molar-refractivity contribution in [1.29, 1.82) is 0 Å². The third kappa shape index (κ3) is 2.33. The van der Waals surface area contributed by atoms with Gasteiger partial charge in [-0.3, -0.25) is 0 Å². The smallest absolute Gasteiger partial charge is 0.128 e. The van der Waals surface area contributed by atoms with Crippen LogP contribution in [0.3, 0.4) is 0 Å². The monoisotopic (exact) mass is 233 g/mol. The van der Waals surface area contributed by atoms with Gasteiger partial charge in [0.25, 0.3) is 0 Å². The lowest BCUT2D eigenvalue weighted by atomic mass is 10.2. The van der Waals surface area contributed by atoms with Crippen molar-refractivity contribution in [3.8, 4) is 0 Å². The molecule has 0 aliphatic rings. The summed E-state index contributed by atoms with van der Waals surface area (Å²) in [6, 6.07) is 4.24. The molecule has 2 aromatic rings. The number of hydrogen-bond donors (Lipinski definition) is 2. The Morgan fingerprint density at radius 2 is 2.31 bits per heavy atom. The number of nitrogens with one attached hydrogen (secondary N) is 1. The Morgan fingerprint density at radius 1 is 1.50 bits per heavy atom. The molecule has 2 rings (SSSR count). The molecule has 0 spiro atoms. The van der Waals surface area contributed by atoms with Crippen LogP contribution >= 0.6 is 11.3 Å². The molecular weight excluding hydrogens is 218 g/mol. The molecule has 0 saturated heterocycles. The van der Waals surface area contributed by atoms with Gasteiger partial charge >= 0.3 is 0 Å². The minimum atomic E-state index is 0.251. The van der Waals surface area contributed by atoms with Gasteiger partial charge in [0.15, 0.2) is 0 Å². The maximum absolute atomic E-state index is 5.84. The second-order valence-electron chi connectivity index (χ2n) is 3.85. The highest BCUT2D eigenvalue weighted by atomic mass is 32.1. The lowest BCUT2D eigenvalue weighted by Crippen LogP contribution is -2.07. The largest absolute Gasteiger partial charge is 0.398 e. The number of thiophene rings is 1. The molecule has 0 aliphatic heterocycles. The van der Waals surface area contributed by atoms with Crippen molar-refractivity contribution < 1.29 is 0 Å². The molecule has 0 aliphatic carbocycles. The third-order valence-corrected chi connectivity index (χ3v) is 3.25. The Bertz CT molecular complexity index is 465. The topological polar surface area (TPSA) is 50.9 Å². The highest BCUT2D eigenvalue weighted by Crippen LogP contribution is 2.21. The van der Waals surface area contributed by atoms with E-state index in [0.717, 1.165) is 17.1 Å². The van der Waals surface area contributed by atoms with Crippen molar-refractivity contribution in [2.75, 3.05) is 11.1 Å². The van der Waals surface area contributed by atoms with Crippen LogP contribution in [0.2, 0.25) is 0 Å². The molecule has 0 saturated carbocycles. The van der Waals surface area contributed by atoms with Crippen LogP contribution in [0.5, 0.6) is 0 Å². The zero-order valence-electron chi connectivity index (χ0n) is 9.40. The van der Waals surface area contributed by atoms with E-state index in [1.54, 1.807) is 17.5 Å². The Balaban J connectivity index is 2.12. The Labute approximate surface area is 99.3 Å².